The Hall–Kier alpha value is -3.38. The van der Waals surface area contributed by atoms with E-state index in [0.29, 0.717) is 18.9 Å². The van der Waals surface area contributed by atoms with Crippen molar-refractivity contribution in [2.24, 2.45) is 0 Å². The zero-order valence-corrected chi connectivity index (χ0v) is 17.5. The molecule has 0 amide bonds. The van der Waals surface area contributed by atoms with E-state index in [0.717, 1.165) is 22.4 Å². The van der Waals surface area contributed by atoms with E-state index in [9.17, 15) is 8.42 Å². The van der Waals surface area contributed by atoms with Crippen LogP contribution in [0.25, 0.3) is 0 Å². The minimum Gasteiger partial charge on any atom is -0.312 e. The quantitative estimate of drug-likeness (QED) is 0.477. The molecule has 0 saturated carbocycles. The van der Waals surface area contributed by atoms with Crippen molar-refractivity contribution in [3.05, 3.63) is 114 Å². The number of hydrogen-bond donors (Lipinski definition) is 1. The number of nitrogens with one attached hydrogen (secondary N) is 1. The van der Waals surface area contributed by atoms with Crippen molar-refractivity contribution in [3.8, 4) is 0 Å². The van der Waals surface area contributed by atoms with Crippen molar-refractivity contribution >= 4 is 16.0 Å². The molecule has 1 aromatic heterocycles. The molecular formula is C24H23N3O2S. The van der Waals surface area contributed by atoms with Gasteiger partial charge in [0, 0.05) is 12.6 Å². The smallest absolute Gasteiger partial charge is 0.264 e. The topological polar surface area (TPSA) is 64.0 Å². The third kappa shape index (κ3) is 4.78. The molecule has 0 aliphatic heterocycles. The van der Waals surface area contributed by atoms with E-state index in [1.165, 1.54) is 0 Å². The molecule has 0 saturated heterocycles. The van der Waals surface area contributed by atoms with E-state index in [4.69, 9.17) is 0 Å². The predicted octanol–water partition coefficient (Wildman–Crippen LogP) is 4.63. The van der Waals surface area contributed by atoms with Crippen molar-refractivity contribution < 1.29 is 8.42 Å². The molecule has 0 unspecified atom stereocenters. The molecule has 1 N–H and O–H groups in total. The number of aryl methyl sites for hydroxylation is 1. The Bertz CT molecular complexity index is 1220. The first-order valence-electron chi connectivity index (χ1n) is 9.73. The van der Waals surface area contributed by atoms with E-state index in [-0.39, 0.29) is 4.90 Å². The van der Waals surface area contributed by atoms with Crippen LogP contribution < -0.4 is 4.72 Å². The molecule has 0 bridgehead atoms. The molecule has 6 heteroatoms. The van der Waals surface area contributed by atoms with Crippen molar-refractivity contribution in [2.75, 3.05) is 4.72 Å². The SMILES string of the molecule is Cc1ccc(S(=O)(=O)Nc2nc(Cc3ccccc3)cn2Cc2ccccc2)cc1. The molecule has 4 rings (SSSR count). The minimum atomic E-state index is -3.74. The number of sulfonamides is 1. The summed E-state index contributed by atoms with van der Waals surface area (Å²) in [5.41, 5.74) is 4.00. The van der Waals surface area contributed by atoms with Crippen LogP contribution in [0, 0.1) is 6.92 Å². The van der Waals surface area contributed by atoms with E-state index in [1.54, 1.807) is 24.3 Å². The van der Waals surface area contributed by atoms with Crippen LogP contribution in [0.3, 0.4) is 0 Å². The summed E-state index contributed by atoms with van der Waals surface area (Å²) in [7, 11) is -3.74. The maximum absolute atomic E-state index is 12.9. The molecule has 0 radical (unpaired) electrons. The normalized spacial score (nSPS) is 11.4. The highest BCUT2D eigenvalue weighted by Crippen LogP contribution is 2.20. The fourth-order valence-corrected chi connectivity index (χ4v) is 4.25. The van der Waals surface area contributed by atoms with Crippen LogP contribution in [0.4, 0.5) is 5.95 Å². The van der Waals surface area contributed by atoms with Crippen LogP contribution in [0.5, 0.6) is 0 Å². The first-order chi connectivity index (χ1) is 14.5. The molecule has 3 aromatic carbocycles. The van der Waals surface area contributed by atoms with Crippen molar-refractivity contribution in [2.45, 2.75) is 24.8 Å². The molecular weight excluding hydrogens is 394 g/mol. The molecule has 0 spiro atoms. The number of hydrogen-bond acceptors (Lipinski definition) is 3. The van der Waals surface area contributed by atoms with Gasteiger partial charge in [-0.1, -0.05) is 78.4 Å². The van der Waals surface area contributed by atoms with Crippen molar-refractivity contribution in [1.29, 1.82) is 0 Å². The van der Waals surface area contributed by atoms with Crippen LogP contribution in [0.2, 0.25) is 0 Å². The lowest BCUT2D eigenvalue weighted by Gasteiger charge is -2.11. The Kier molecular flexibility index (Phi) is 5.68. The summed E-state index contributed by atoms with van der Waals surface area (Å²) in [6.45, 7) is 2.45. The third-order valence-electron chi connectivity index (χ3n) is 4.81. The zero-order chi connectivity index (χ0) is 21.0. The fourth-order valence-electron chi connectivity index (χ4n) is 3.24. The Morgan fingerprint density at radius 1 is 0.833 bits per heavy atom. The van der Waals surface area contributed by atoms with Gasteiger partial charge in [-0.3, -0.25) is 0 Å². The molecule has 0 aliphatic rings. The number of rotatable bonds is 7. The lowest BCUT2D eigenvalue weighted by molar-refractivity contribution is 0.600. The lowest BCUT2D eigenvalue weighted by atomic mass is 10.1. The molecule has 5 nitrogen and oxygen atoms in total. The summed E-state index contributed by atoms with van der Waals surface area (Å²) < 4.78 is 30.4. The van der Waals surface area contributed by atoms with Crippen LogP contribution in [0.15, 0.2) is 96.0 Å². The van der Waals surface area contributed by atoms with Gasteiger partial charge in [0.1, 0.15) is 0 Å². The summed E-state index contributed by atoms with van der Waals surface area (Å²) in [6.07, 6.45) is 2.54. The second kappa shape index (κ2) is 8.55. The number of anilines is 1. The average Bonchev–Trinajstić information content (AvgIpc) is 3.09. The van der Waals surface area contributed by atoms with E-state index < -0.39 is 10.0 Å². The third-order valence-corrected chi connectivity index (χ3v) is 6.15. The Labute approximate surface area is 177 Å². The summed E-state index contributed by atoms with van der Waals surface area (Å²) in [5, 5.41) is 0. The van der Waals surface area contributed by atoms with E-state index in [2.05, 4.69) is 9.71 Å². The summed E-state index contributed by atoms with van der Waals surface area (Å²) in [4.78, 5) is 4.82. The molecule has 0 fully saturated rings. The van der Waals surface area contributed by atoms with Crippen molar-refractivity contribution in [3.63, 3.8) is 0 Å². The summed E-state index contributed by atoms with van der Waals surface area (Å²) in [6, 6.07) is 26.7. The monoisotopic (exact) mass is 417 g/mol. The first kappa shape index (κ1) is 19.9. The first-order valence-corrected chi connectivity index (χ1v) is 11.2. The highest BCUT2D eigenvalue weighted by molar-refractivity contribution is 7.92. The zero-order valence-electron chi connectivity index (χ0n) is 16.7. The van der Waals surface area contributed by atoms with Gasteiger partial charge in [-0.15, -0.1) is 0 Å². The van der Waals surface area contributed by atoms with Crippen molar-refractivity contribution in [1.82, 2.24) is 9.55 Å². The Morgan fingerprint density at radius 3 is 2.07 bits per heavy atom. The molecule has 4 aromatic rings. The van der Waals surface area contributed by atoms with E-state index >= 15 is 0 Å². The maximum atomic E-state index is 12.9. The molecule has 1 heterocycles. The number of benzene rings is 3. The average molecular weight is 418 g/mol. The second-order valence-corrected chi connectivity index (χ2v) is 8.93. The van der Waals surface area contributed by atoms with Crippen LogP contribution in [0.1, 0.15) is 22.4 Å². The van der Waals surface area contributed by atoms with Gasteiger partial charge in [0.05, 0.1) is 17.1 Å². The standard InChI is InChI=1S/C24H23N3O2S/c1-19-12-14-23(15-13-19)30(28,29)26-24-25-22(16-20-8-4-2-5-9-20)18-27(24)17-21-10-6-3-7-11-21/h2-15,18H,16-17H2,1H3,(H,25,26). The number of nitrogens with zero attached hydrogens (tertiary/aromatic N) is 2. The molecule has 152 valence electrons. The highest BCUT2D eigenvalue weighted by Gasteiger charge is 2.18. The minimum absolute atomic E-state index is 0.215. The van der Waals surface area contributed by atoms with Gasteiger partial charge in [-0.05, 0) is 30.2 Å². The second-order valence-electron chi connectivity index (χ2n) is 7.25. The fraction of sp³-hybridized carbons (Fsp3) is 0.125. The van der Waals surface area contributed by atoms with Gasteiger partial charge < -0.3 is 4.57 Å². The summed E-state index contributed by atoms with van der Waals surface area (Å²) in [5.74, 6) is 0.311. The van der Waals surface area contributed by atoms with Gasteiger partial charge in [0.2, 0.25) is 5.95 Å². The van der Waals surface area contributed by atoms with Crippen LogP contribution >= 0.6 is 0 Å². The summed E-state index contributed by atoms with van der Waals surface area (Å²) >= 11 is 0. The molecule has 30 heavy (non-hydrogen) atoms. The van der Waals surface area contributed by atoms with Crippen LogP contribution in [-0.2, 0) is 23.0 Å². The van der Waals surface area contributed by atoms with Gasteiger partial charge in [-0.2, -0.15) is 0 Å². The van der Waals surface area contributed by atoms with Gasteiger partial charge in [0.25, 0.3) is 10.0 Å². The number of aromatic nitrogens is 2. The Balaban J connectivity index is 1.66. The Morgan fingerprint density at radius 2 is 1.43 bits per heavy atom. The molecule has 0 atom stereocenters. The molecule has 0 aliphatic carbocycles. The largest absolute Gasteiger partial charge is 0.312 e. The van der Waals surface area contributed by atoms with Gasteiger partial charge >= 0.3 is 0 Å². The predicted molar refractivity (Wildman–Crippen MR) is 119 cm³/mol. The van der Waals surface area contributed by atoms with Gasteiger partial charge in [0.15, 0.2) is 0 Å². The van der Waals surface area contributed by atoms with Crippen LogP contribution in [-0.4, -0.2) is 18.0 Å². The highest BCUT2D eigenvalue weighted by atomic mass is 32.2. The lowest BCUT2D eigenvalue weighted by Crippen LogP contribution is -2.17. The number of imidazole rings is 1. The maximum Gasteiger partial charge on any atom is 0.264 e. The van der Waals surface area contributed by atoms with Gasteiger partial charge in [-0.25, -0.2) is 18.1 Å². The van der Waals surface area contributed by atoms with E-state index in [1.807, 2.05) is 78.4 Å².